The minimum Gasteiger partial charge on any atom is -0.355 e. The van der Waals surface area contributed by atoms with Gasteiger partial charge in [-0.25, -0.2) is 0 Å². The second kappa shape index (κ2) is 11.8. The molecule has 0 unspecified atom stereocenters. The summed E-state index contributed by atoms with van der Waals surface area (Å²) in [6.45, 7) is 4.80. The van der Waals surface area contributed by atoms with Crippen molar-refractivity contribution in [1.82, 2.24) is 10.2 Å². The van der Waals surface area contributed by atoms with E-state index in [-0.39, 0.29) is 17.7 Å². The van der Waals surface area contributed by atoms with E-state index >= 15 is 0 Å². The summed E-state index contributed by atoms with van der Waals surface area (Å²) in [6, 6.07) is 29.6. The summed E-state index contributed by atoms with van der Waals surface area (Å²) < 4.78 is 0. The largest absolute Gasteiger partial charge is 0.355 e. The maximum Gasteiger partial charge on any atom is 0.242 e. The molecule has 3 aromatic rings. The number of likely N-dealkylation sites (N-methyl/N-ethyl adjacent to an activating group) is 1. The van der Waals surface area contributed by atoms with Crippen LogP contribution in [0.1, 0.15) is 49.3 Å². The van der Waals surface area contributed by atoms with Crippen LogP contribution >= 0.6 is 0 Å². The van der Waals surface area contributed by atoms with Crippen molar-refractivity contribution < 1.29 is 9.59 Å². The van der Waals surface area contributed by atoms with Crippen molar-refractivity contribution >= 4 is 11.8 Å². The molecule has 0 aliphatic heterocycles. The summed E-state index contributed by atoms with van der Waals surface area (Å²) in [7, 11) is 0. The van der Waals surface area contributed by atoms with Crippen LogP contribution in [0.2, 0.25) is 0 Å². The summed E-state index contributed by atoms with van der Waals surface area (Å²) in [5, 5.41) is 2.90. The molecule has 4 nitrogen and oxygen atoms in total. The first-order valence-corrected chi connectivity index (χ1v) is 11.3. The molecule has 3 aromatic carbocycles. The first-order valence-electron chi connectivity index (χ1n) is 11.3. The van der Waals surface area contributed by atoms with Crippen LogP contribution in [0.25, 0.3) is 0 Å². The Morgan fingerprint density at radius 2 is 1.28 bits per heavy atom. The van der Waals surface area contributed by atoms with E-state index in [0.29, 0.717) is 25.9 Å². The molecule has 0 heterocycles. The fourth-order valence-corrected chi connectivity index (χ4v) is 4.08. The highest BCUT2D eigenvalue weighted by atomic mass is 16.2. The quantitative estimate of drug-likeness (QED) is 0.485. The van der Waals surface area contributed by atoms with Crippen LogP contribution in [0.4, 0.5) is 0 Å². The van der Waals surface area contributed by atoms with Gasteiger partial charge in [0.05, 0.1) is 0 Å². The molecule has 2 amide bonds. The van der Waals surface area contributed by atoms with Gasteiger partial charge in [-0.15, -0.1) is 0 Å². The molecular weight excluding hydrogens is 396 g/mol. The lowest BCUT2D eigenvalue weighted by Crippen LogP contribution is -2.49. The summed E-state index contributed by atoms with van der Waals surface area (Å²) in [5.74, 6) is -0.199. The van der Waals surface area contributed by atoms with Gasteiger partial charge in [0.2, 0.25) is 11.8 Å². The lowest BCUT2D eigenvalue weighted by molar-refractivity contribution is -0.141. The molecule has 0 fully saturated rings. The topological polar surface area (TPSA) is 49.4 Å². The van der Waals surface area contributed by atoms with Crippen LogP contribution in [0.3, 0.4) is 0 Å². The summed E-state index contributed by atoms with van der Waals surface area (Å²) in [5.41, 5.74) is 3.20. The molecule has 0 aromatic heterocycles. The van der Waals surface area contributed by atoms with Crippen molar-refractivity contribution in [2.24, 2.45) is 0 Å². The first kappa shape index (κ1) is 23.3. The minimum atomic E-state index is -0.505. The molecule has 0 aliphatic carbocycles. The van der Waals surface area contributed by atoms with E-state index in [1.807, 2.05) is 80.6 Å². The minimum absolute atomic E-state index is 0.0235. The van der Waals surface area contributed by atoms with Crippen LogP contribution in [-0.2, 0) is 16.1 Å². The van der Waals surface area contributed by atoms with E-state index in [1.165, 1.54) is 0 Å². The maximum atomic E-state index is 13.8. The van der Waals surface area contributed by atoms with Crippen LogP contribution in [0.5, 0.6) is 0 Å². The van der Waals surface area contributed by atoms with Gasteiger partial charge < -0.3 is 10.2 Å². The lowest BCUT2D eigenvalue weighted by atomic mass is 9.88. The third-order valence-corrected chi connectivity index (χ3v) is 5.72. The zero-order valence-corrected chi connectivity index (χ0v) is 18.9. The van der Waals surface area contributed by atoms with Crippen LogP contribution in [0, 0.1) is 0 Å². The number of rotatable bonds is 10. The molecule has 166 valence electrons. The van der Waals surface area contributed by atoms with Gasteiger partial charge in [-0.3, -0.25) is 9.59 Å². The normalized spacial score (nSPS) is 11.7. The molecule has 0 saturated heterocycles. The summed E-state index contributed by atoms with van der Waals surface area (Å²) in [6.07, 6.45) is 0.864. The second-order valence-electron chi connectivity index (χ2n) is 7.90. The van der Waals surface area contributed by atoms with Crippen molar-refractivity contribution in [1.29, 1.82) is 0 Å². The smallest absolute Gasteiger partial charge is 0.242 e. The van der Waals surface area contributed by atoms with Gasteiger partial charge in [-0.2, -0.15) is 0 Å². The van der Waals surface area contributed by atoms with Crippen molar-refractivity contribution in [3.63, 3.8) is 0 Å². The molecule has 3 rings (SSSR count). The van der Waals surface area contributed by atoms with E-state index in [1.54, 1.807) is 4.90 Å². The van der Waals surface area contributed by atoms with Gasteiger partial charge in [0, 0.05) is 25.4 Å². The molecule has 0 saturated carbocycles. The van der Waals surface area contributed by atoms with Gasteiger partial charge in [-0.1, -0.05) is 97.9 Å². The van der Waals surface area contributed by atoms with E-state index in [2.05, 4.69) is 29.6 Å². The van der Waals surface area contributed by atoms with Gasteiger partial charge in [0.15, 0.2) is 0 Å². The van der Waals surface area contributed by atoms with Crippen molar-refractivity contribution in [2.75, 3.05) is 6.54 Å². The van der Waals surface area contributed by atoms with E-state index < -0.39 is 6.04 Å². The average Bonchev–Trinajstić information content (AvgIpc) is 2.84. The van der Waals surface area contributed by atoms with Crippen LogP contribution in [0.15, 0.2) is 91.0 Å². The number of carbonyl (C=O) groups excluding carboxylic acids is 2. The van der Waals surface area contributed by atoms with E-state index in [9.17, 15) is 9.59 Å². The zero-order valence-electron chi connectivity index (χ0n) is 18.9. The lowest BCUT2D eigenvalue weighted by Gasteiger charge is -2.32. The highest BCUT2D eigenvalue weighted by Crippen LogP contribution is 2.29. The maximum absolute atomic E-state index is 13.8. The van der Waals surface area contributed by atoms with E-state index in [4.69, 9.17) is 0 Å². The second-order valence-corrected chi connectivity index (χ2v) is 7.90. The standard InChI is InChI=1S/C28H32N2O2/c1-3-26(28(32)29-4-2)30(21-22-14-8-5-9-15-22)27(31)20-25(23-16-10-6-11-17-23)24-18-12-7-13-19-24/h5-19,25-26H,3-4,20-21H2,1-2H3,(H,29,32)/t26-/m0/s1. The van der Waals surface area contributed by atoms with Crippen LogP contribution in [-0.4, -0.2) is 29.3 Å². The molecule has 0 radical (unpaired) electrons. The van der Waals surface area contributed by atoms with Gasteiger partial charge in [0.25, 0.3) is 0 Å². The molecule has 1 atom stereocenters. The summed E-state index contributed by atoms with van der Waals surface area (Å²) in [4.78, 5) is 28.3. The van der Waals surface area contributed by atoms with E-state index in [0.717, 1.165) is 16.7 Å². The van der Waals surface area contributed by atoms with Gasteiger partial charge in [0.1, 0.15) is 6.04 Å². The molecule has 1 N–H and O–H groups in total. The van der Waals surface area contributed by atoms with Crippen molar-refractivity contribution in [3.05, 3.63) is 108 Å². The SMILES string of the molecule is CCNC(=O)[C@H](CC)N(Cc1ccccc1)C(=O)CC(c1ccccc1)c1ccccc1. The Morgan fingerprint density at radius 3 is 1.75 bits per heavy atom. The fraction of sp³-hybridized carbons (Fsp3) is 0.286. The van der Waals surface area contributed by atoms with Crippen LogP contribution < -0.4 is 5.32 Å². The Hall–Kier alpha value is -3.40. The molecule has 32 heavy (non-hydrogen) atoms. The molecule has 4 heteroatoms. The Bertz CT molecular complexity index is 935. The molecule has 0 bridgehead atoms. The third kappa shape index (κ3) is 6.07. The fourth-order valence-electron chi connectivity index (χ4n) is 4.08. The Kier molecular flexibility index (Phi) is 8.61. The number of benzene rings is 3. The number of nitrogens with one attached hydrogen (secondary N) is 1. The monoisotopic (exact) mass is 428 g/mol. The molecule has 0 spiro atoms. The van der Waals surface area contributed by atoms with Crippen molar-refractivity contribution in [2.45, 2.75) is 45.2 Å². The third-order valence-electron chi connectivity index (χ3n) is 5.72. The highest BCUT2D eigenvalue weighted by Gasteiger charge is 2.30. The first-order chi connectivity index (χ1) is 15.6. The Labute approximate surface area is 191 Å². The molecule has 0 aliphatic rings. The average molecular weight is 429 g/mol. The number of hydrogen-bond acceptors (Lipinski definition) is 2. The predicted molar refractivity (Wildman–Crippen MR) is 129 cm³/mol. The number of nitrogens with zero attached hydrogens (tertiary/aromatic N) is 1. The Morgan fingerprint density at radius 1 is 0.781 bits per heavy atom. The number of hydrogen-bond donors (Lipinski definition) is 1. The molecular formula is C28H32N2O2. The highest BCUT2D eigenvalue weighted by molar-refractivity contribution is 5.88. The summed E-state index contributed by atoms with van der Waals surface area (Å²) >= 11 is 0. The predicted octanol–water partition coefficient (Wildman–Crippen LogP) is 5.15. The zero-order chi connectivity index (χ0) is 22.8. The Balaban J connectivity index is 1.93. The number of amides is 2. The van der Waals surface area contributed by atoms with Gasteiger partial charge >= 0.3 is 0 Å². The van der Waals surface area contributed by atoms with Gasteiger partial charge in [-0.05, 0) is 30.0 Å². The number of carbonyl (C=O) groups is 2. The van der Waals surface area contributed by atoms with Crippen molar-refractivity contribution in [3.8, 4) is 0 Å².